The zero-order valence-electron chi connectivity index (χ0n) is 11.4. The van der Waals surface area contributed by atoms with Crippen LogP contribution in [0.3, 0.4) is 0 Å². The molecule has 1 aromatic rings. The predicted molar refractivity (Wildman–Crippen MR) is 68.9 cm³/mol. The molecule has 0 radical (unpaired) electrons. The maximum atomic E-state index is 13.2. The fourth-order valence-electron chi connectivity index (χ4n) is 2.26. The first-order valence-corrected chi connectivity index (χ1v) is 6.51. The number of rotatable bonds is 2. The minimum absolute atomic E-state index is 0.215. The van der Waals surface area contributed by atoms with E-state index in [1.807, 2.05) is 4.90 Å². The molecular formula is C14H14F3N3O. The first-order chi connectivity index (χ1) is 9.93. The summed E-state index contributed by atoms with van der Waals surface area (Å²) in [6, 6.07) is 3.26. The Morgan fingerprint density at radius 2 is 1.71 bits per heavy atom. The Bertz CT molecular complexity index is 569. The maximum Gasteiger partial charge on any atom is 0.254 e. The lowest BCUT2D eigenvalue weighted by atomic mass is 10.1. The average Bonchev–Trinajstić information content (AvgIpc) is 2.50. The highest BCUT2D eigenvalue weighted by Crippen LogP contribution is 2.16. The molecule has 0 aromatic heterocycles. The van der Waals surface area contributed by atoms with Crippen LogP contribution in [0.15, 0.2) is 12.1 Å². The molecule has 1 unspecified atom stereocenters. The van der Waals surface area contributed by atoms with Gasteiger partial charge in [-0.3, -0.25) is 9.69 Å². The van der Waals surface area contributed by atoms with Crippen molar-refractivity contribution in [2.45, 2.75) is 13.0 Å². The van der Waals surface area contributed by atoms with Gasteiger partial charge in [0.25, 0.3) is 5.91 Å². The molecule has 1 aliphatic rings. The number of halogens is 3. The summed E-state index contributed by atoms with van der Waals surface area (Å²) in [7, 11) is 0. The smallest absolute Gasteiger partial charge is 0.254 e. The number of hydrogen-bond acceptors (Lipinski definition) is 3. The molecule has 2 rings (SSSR count). The summed E-state index contributed by atoms with van der Waals surface area (Å²) in [5, 5.41) is 8.84. The molecule has 1 aliphatic heterocycles. The van der Waals surface area contributed by atoms with Crippen LogP contribution < -0.4 is 0 Å². The average molecular weight is 297 g/mol. The summed E-state index contributed by atoms with van der Waals surface area (Å²) in [6.07, 6.45) is 0. The van der Waals surface area contributed by atoms with Crippen molar-refractivity contribution in [3.8, 4) is 6.07 Å². The number of benzene rings is 1. The first kappa shape index (κ1) is 15.3. The Morgan fingerprint density at radius 3 is 2.19 bits per heavy atom. The lowest BCUT2D eigenvalue weighted by Gasteiger charge is -2.35. The zero-order valence-corrected chi connectivity index (χ0v) is 11.4. The van der Waals surface area contributed by atoms with Gasteiger partial charge < -0.3 is 4.90 Å². The lowest BCUT2D eigenvalue weighted by Crippen LogP contribution is -2.51. The molecule has 21 heavy (non-hydrogen) atoms. The molecule has 1 atom stereocenters. The topological polar surface area (TPSA) is 47.3 Å². The van der Waals surface area contributed by atoms with Crippen molar-refractivity contribution in [3.05, 3.63) is 35.1 Å². The summed E-state index contributed by atoms with van der Waals surface area (Å²) >= 11 is 0. The van der Waals surface area contributed by atoms with Crippen molar-refractivity contribution < 1.29 is 18.0 Å². The van der Waals surface area contributed by atoms with Crippen molar-refractivity contribution in [1.82, 2.24) is 9.80 Å². The number of nitriles is 1. The second kappa shape index (κ2) is 6.14. The van der Waals surface area contributed by atoms with E-state index >= 15 is 0 Å². The molecule has 7 heteroatoms. The molecule has 0 aliphatic carbocycles. The normalized spacial score (nSPS) is 17.4. The van der Waals surface area contributed by atoms with Crippen LogP contribution in [0, 0.1) is 28.8 Å². The van der Waals surface area contributed by atoms with Gasteiger partial charge in [-0.15, -0.1) is 0 Å². The van der Waals surface area contributed by atoms with Gasteiger partial charge in [-0.05, 0) is 19.1 Å². The van der Waals surface area contributed by atoms with E-state index in [4.69, 9.17) is 5.26 Å². The minimum atomic E-state index is -1.58. The molecule has 1 amide bonds. The van der Waals surface area contributed by atoms with Crippen molar-refractivity contribution >= 4 is 5.91 Å². The molecule has 112 valence electrons. The van der Waals surface area contributed by atoms with Gasteiger partial charge in [-0.2, -0.15) is 5.26 Å². The predicted octanol–water partition coefficient (Wildman–Crippen LogP) is 1.77. The van der Waals surface area contributed by atoms with Gasteiger partial charge in [0.2, 0.25) is 0 Å². The zero-order chi connectivity index (χ0) is 15.6. The fourth-order valence-corrected chi connectivity index (χ4v) is 2.26. The third-order valence-electron chi connectivity index (χ3n) is 3.57. The van der Waals surface area contributed by atoms with Gasteiger partial charge in [-0.1, -0.05) is 0 Å². The maximum absolute atomic E-state index is 13.2. The molecule has 1 heterocycles. The van der Waals surface area contributed by atoms with Gasteiger partial charge in [0.15, 0.2) is 17.5 Å². The molecule has 1 aromatic carbocycles. The number of nitrogens with zero attached hydrogens (tertiary/aromatic N) is 3. The first-order valence-electron chi connectivity index (χ1n) is 6.51. The standard InChI is InChI=1S/C14H14F3N3O/c1-9(8-18)19-2-4-20(5-3-19)14(21)10-6-11(15)13(17)12(16)7-10/h6-7,9H,2-5H2,1H3. The molecule has 0 saturated carbocycles. The largest absolute Gasteiger partial charge is 0.336 e. The van der Waals surface area contributed by atoms with E-state index in [9.17, 15) is 18.0 Å². The summed E-state index contributed by atoms with van der Waals surface area (Å²) in [5.41, 5.74) is -0.215. The molecule has 4 nitrogen and oxygen atoms in total. The van der Waals surface area contributed by atoms with Crippen LogP contribution in [0.2, 0.25) is 0 Å². The van der Waals surface area contributed by atoms with E-state index in [0.29, 0.717) is 38.3 Å². The number of piperazine rings is 1. The number of carbonyl (C=O) groups excluding carboxylic acids is 1. The van der Waals surface area contributed by atoms with Crippen LogP contribution in [0.4, 0.5) is 13.2 Å². The number of amides is 1. The Kier molecular flexibility index (Phi) is 4.48. The van der Waals surface area contributed by atoms with Crippen LogP contribution in [0.1, 0.15) is 17.3 Å². The van der Waals surface area contributed by atoms with E-state index in [-0.39, 0.29) is 11.6 Å². The van der Waals surface area contributed by atoms with Crippen molar-refractivity contribution in [1.29, 1.82) is 5.26 Å². The van der Waals surface area contributed by atoms with Crippen molar-refractivity contribution in [2.24, 2.45) is 0 Å². The van der Waals surface area contributed by atoms with Gasteiger partial charge in [0.1, 0.15) is 0 Å². The minimum Gasteiger partial charge on any atom is -0.336 e. The van der Waals surface area contributed by atoms with Crippen molar-refractivity contribution in [2.75, 3.05) is 26.2 Å². The van der Waals surface area contributed by atoms with E-state index in [1.54, 1.807) is 6.92 Å². The molecule has 0 bridgehead atoms. The second-order valence-electron chi connectivity index (χ2n) is 4.89. The van der Waals surface area contributed by atoms with Crippen LogP contribution in [0.5, 0.6) is 0 Å². The van der Waals surface area contributed by atoms with Gasteiger partial charge in [0.05, 0.1) is 12.1 Å². The monoisotopic (exact) mass is 297 g/mol. The summed E-state index contributed by atoms with van der Waals surface area (Å²) in [4.78, 5) is 15.5. The summed E-state index contributed by atoms with van der Waals surface area (Å²) in [5.74, 6) is -4.89. The van der Waals surface area contributed by atoms with E-state index in [0.717, 1.165) is 0 Å². The Labute approximate surface area is 120 Å². The van der Waals surface area contributed by atoms with Crippen molar-refractivity contribution in [3.63, 3.8) is 0 Å². The Morgan fingerprint density at radius 1 is 1.19 bits per heavy atom. The molecule has 0 N–H and O–H groups in total. The van der Waals surface area contributed by atoms with Gasteiger partial charge >= 0.3 is 0 Å². The second-order valence-corrected chi connectivity index (χ2v) is 4.89. The quantitative estimate of drug-likeness (QED) is 0.782. The Balaban J connectivity index is 2.08. The molecular weight excluding hydrogens is 283 g/mol. The highest BCUT2D eigenvalue weighted by Gasteiger charge is 2.25. The van der Waals surface area contributed by atoms with Crippen LogP contribution in [0.25, 0.3) is 0 Å². The lowest BCUT2D eigenvalue weighted by molar-refractivity contribution is 0.0614. The fraction of sp³-hybridized carbons (Fsp3) is 0.429. The van der Waals surface area contributed by atoms with Gasteiger partial charge in [-0.25, -0.2) is 13.2 Å². The molecule has 1 fully saturated rings. The van der Waals surface area contributed by atoms with Crippen LogP contribution in [-0.4, -0.2) is 47.9 Å². The van der Waals surface area contributed by atoms with Crippen LogP contribution in [-0.2, 0) is 0 Å². The number of hydrogen-bond donors (Lipinski definition) is 0. The summed E-state index contributed by atoms with van der Waals surface area (Å²) in [6.45, 7) is 3.48. The van der Waals surface area contributed by atoms with E-state index < -0.39 is 23.4 Å². The number of carbonyl (C=O) groups is 1. The van der Waals surface area contributed by atoms with E-state index in [2.05, 4.69) is 6.07 Å². The SMILES string of the molecule is CC(C#N)N1CCN(C(=O)c2cc(F)c(F)c(F)c2)CC1. The third kappa shape index (κ3) is 3.16. The summed E-state index contributed by atoms with van der Waals surface area (Å²) < 4.78 is 39.2. The molecule has 1 saturated heterocycles. The Hall–Kier alpha value is -2.07. The molecule has 0 spiro atoms. The third-order valence-corrected chi connectivity index (χ3v) is 3.57. The van der Waals surface area contributed by atoms with Gasteiger partial charge in [0, 0.05) is 31.7 Å². The highest BCUT2D eigenvalue weighted by molar-refractivity contribution is 5.94. The van der Waals surface area contributed by atoms with E-state index in [1.165, 1.54) is 4.90 Å². The highest BCUT2D eigenvalue weighted by atomic mass is 19.2. The van der Waals surface area contributed by atoms with Crippen LogP contribution >= 0.6 is 0 Å².